The van der Waals surface area contributed by atoms with Crippen molar-refractivity contribution in [3.63, 3.8) is 0 Å². The van der Waals surface area contributed by atoms with Crippen molar-refractivity contribution in [3.8, 4) is 0 Å². The largest absolute Gasteiger partial charge is 0.481 e. The molecule has 0 radical (unpaired) electrons. The normalized spacial score (nSPS) is 39.3. The lowest BCUT2D eigenvalue weighted by molar-refractivity contribution is -0.141. The fraction of sp³-hybridized carbons (Fsp3) is 0.909. The van der Waals surface area contributed by atoms with Gasteiger partial charge in [0.1, 0.15) is 0 Å². The third-order valence-electron chi connectivity index (χ3n) is 3.87. The molecule has 3 heterocycles. The molecular formula is C11H20N2O2. The highest BCUT2D eigenvalue weighted by molar-refractivity contribution is 5.68. The minimum Gasteiger partial charge on any atom is -0.481 e. The summed E-state index contributed by atoms with van der Waals surface area (Å²) in [6.45, 7) is 6.13. The Morgan fingerprint density at radius 1 is 1.53 bits per heavy atom. The molecule has 0 aliphatic carbocycles. The monoisotopic (exact) mass is 212 g/mol. The average Bonchev–Trinajstić information content (AvgIpc) is 2.18. The second-order valence-corrected chi connectivity index (χ2v) is 4.81. The molecule has 3 fully saturated rings. The lowest BCUT2D eigenvalue weighted by Crippen LogP contribution is -2.66. The minimum absolute atomic E-state index is 0.156. The van der Waals surface area contributed by atoms with Gasteiger partial charge < -0.3 is 15.3 Å². The summed E-state index contributed by atoms with van der Waals surface area (Å²) >= 11 is 0. The van der Waals surface area contributed by atoms with E-state index in [1.807, 2.05) is 0 Å². The molecule has 4 heteroatoms. The molecule has 15 heavy (non-hydrogen) atoms. The lowest BCUT2D eigenvalue weighted by Gasteiger charge is -2.53. The maximum absolute atomic E-state index is 11.0. The number of aliphatic carboxylic acids is 1. The first kappa shape index (κ1) is 10.9. The van der Waals surface area contributed by atoms with E-state index >= 15 is 0 Å². The zero-order chi connectivity index (χ0) is 10.9. The summed E-state index contributed by atoms with van der Waals surface area (Å²) in [6.07, 6.45) is 2.57. The second kappa shape index (κ2) is 4.10. The highest BCUT2D eigenvalue weighted by Crippen LogP contribution is 2.37. The van der Waals surface area contributed by atoms with Crippen LogP contribution in [0.3, 0.4) is 0 Å². The van der Waals surface area contributed by atoms with Crippen molar-refractivity contribution < 1.29 is 9.90 Å². The van der Waals surface area contributed by atoms with E-state index in [-0.39, 0.29) is 12.0 Å². The van der Waals surface area contributed by atoms with Crippen LogP contribution in [0.1, 0.15) is 26.2 Å². The maximum Gasteiger partial charge on any atom is 0.305 e. The molecule has 4 nitrogen and oxygen atoms in total. The predicted octanol–water partition coefficient (Wildman–Crippen LogP) is 0.535. The maximum atomic E-state index is 11.0. The Hall–Kier alpha value is -0.610. The standard InChI is InChI=1S/C11H20N2O2/c1-2-12-11(7-10(14)15)8-13-5-3-9(11)4-6-13/h9,12H,2-8H2,1H3,(H,14,15). The van der Waals surface area contributed by atoms with Crippen LogP contribution in [0.5, 0.6) is 0 Å². The SMILES string of the molecule is CCNC1(CC(=O)O)CN2CCC1CC2. The fourth-order valence-corrected chi connectivity index (χ4v) is 3.26. The van der Waals surface area contributed by atoms with Gasteiger partial charge in [-0.25, -0.2) is 0 Å². The van der Waals surface area contributed by atoms with E-state index in [2.05, 4.69) is 17.1 Å². The van der Waals surface area contributed by atoms with Crippen LogP contribution in [0.15, 0.2) is 0 Å². The van der Waals surface area contributed by atoms with E-state index in [9.17, 15) is 4.79 Å². The van der Waals surface area contributed by atoms with Gasteiger partial charge in [-0.05, 0) is 38.4 Å². The molecule has 2 N–H and O–H groups in total. The third kappa shape index (κ3) is 2.01. The molecule has 1 unspecified atom stereocenters. The van der Waals surface area contributed by atoms with E-state index in [0.717, 1.165) is 39.0 Å². The first-order valence-electron chi connectivity index (χ1n) is 5.85. The number of piperidine rings is 3. The molecule has 0 saturated carbocycles. The predicted molar refractivity (Wildman–Crippen MR) is 57.8 cm³/mol. The van der Waals surface area contributed by atoms with E-state index in [1.165, 1.54) is 0 Å². The van der Waals surface area contributed by atoms with Gasteiger partial charge in [-0.2, -0.15) is 0 Å². The van der Waals surface area contributed by atoms with Gasteiger partial charge in [-0.1, -0.05) is 6.92 Å². The van der Waals surface area contributed by atoms with Crippen LogP contribution in [0.4, 0.5) is 0 Å². The second-order valence-electron chi connectivity index (χ2n) is 4.81. The average molecular weight is 212 g/mol. The van der Waals surface area contributed by atoms with Crippen molar-refractivity contribution in [2.45, 2.75) is 31.7 Å². The number of carboxylic acids is 1. The minimum atomic E-state index is -0.676. The molecule has 3 rings (SSSR count). The molecule has 0 amide bonds. The lowest BCUT2D eigenvalue weighted by atomic mass is 9.71. The molecule has 0 aromatic carbocycles. The summed E-state index contributed by atoms with van der Waals surface area (Å²) in [5, 5.41) is 12.5. The van der Waals surface area contributed by atoms with Crippen LogP contribution in [0.25, 0.3) is 0 Å². The molecule has 0 aromatic heterocycles. The zero-order valence-corrected chi connectivity index (χ0v) is 9.33. The van der Waals surface area contributed by atoms with Crippen LogP contribution in [0, 0.1) is 5.92 Å². The quantitative estimate of drug-likeness (QED) is 0.714. The summed E-state index contributed by atoms with van der Waals surface area (Å²) in [6, 6.07) is 0. The van der Waals surface area contributed by atoms with Crippen LogP contribution in [-0.2, 0) is 4.79 Å². The number of rotatable bonds is 4. The van der Waals surface area contributed by atoms with Gasteiger partial charge in [0.15, 0.2) is 0 Å². The summed E-state index contributed by atoms with van der Waals surface area (Å²) < 4.78 is 0. The Labute approximate surface area is 90.6 Å². The first-order valence-corrected chi connectivity index (χ1v) is 5.85. The summed E-state index contributed by atoms with van der Waals surface area (Å²) in [5.41, 5.74) is -0.156. The molecule has 3 aliphatic heterocycles. The number of nitrogens with zero attached hydrogens (tertiary/aromatic N) is 1. The first-order chi connectivity index (χ1) is 7.16. The molecular weight excluding hydrogens is 192 g/mol. The molecule has 2 bridgehead atoms. The molecule has 3 saturated heterocycles. The van der Waals surface area contributed by atoms with Crippen LogP contribution >= 0.6 is 0 Å². The Morgan fingerprint density at radius 3 is 2.60 bits per heavy atom. The van der Waals surface area contributed by atoms with Crippen LogP contribution < -0.4 is 5.32 Å². The van der Waals surface area contributed by atoms with Crippen LogP contribution in [0.2, 0.25) is 0 Å². The van der Waals surface area contributed by atoms with Gasteiger partial charge in [0.25, 0.3) is 0 Å². The third-order valence-corrected chi connectivity index (χ3v) is 3.87. The van der Waals surface area contributed by atoms with Crippen molar-refractivity contribution in [2.75, 3.05) is 26.2 Å². The molecule has 1 atom stereocenters. The zero-order valence-electron chi connectivity index (χ0n) is 9.33. The van der Waals surface area contributed by atoms with Crippen LogP contribution in [-0.4, -0.2) is 47.7 Å². The summed E-state index contributed by atoms with van der Waals surface area (Å²) in [7, 11) is 0. The topological polar surface area (TPSA) is 52.6 Å². The van der Waals surface area contributed by atoms with Gasteiger partial charge in [-0.3, -0.25) is 4.79 Å². The fourth-order valence-electron chi connectivity index (χ4n) is 3.26. The van der Waals surface area contributed by atoms with Gasteiger partial charge >= 0.3 is 5.97 Å². The summed E-state index contributed by atoms with van der Waals surface area (Å²) in [5.74, 6) is -0.122. The van der Waals surface area contributed by atoms with Crippen molar-refractivity contribution in [2.24, 2.45) is 5.92 Å². The van der Waals surface area contributed by atoms with Gasteiger partial charge in [0.05, 0.1) is 6.42 Å². The number of fused-ring (bicyclic) bond motifs is 3. The Bertz CT molecular complexity index is 249. The number of hydrogen-bond acceptors (Lipinski definition) is 3. The van der Waals surface area contributed by atoms with E-state index in [0.29, 0.717) is 5.92 Å². The van der Waals surface area contributed by atoms with E-state index in [1.54, 1.807) is 0 Å². The Balaban J connectivity index is 2.14. The summed E-state index contributed by atoms with van der Waals surface area (Å²) in [4.78, 5) is 13.4. The van der Waals surface area contributed by atoms with E-state index < -0.39 is 5.97 Å². The van der Waals surface area contributed by atoms with Crippen molar-refractivity contribution in [1.82, 2.24) is 10.2 Å². The van der Waals surface area contributed by atoms with Crippen molar-refractivity contribution in [1.29, 1.82) is 0 Å². The van der Waals surface area contributed by atoms with Gasteiger partial charge in [-0.15, -0.1) is 0 Å². The highest BCUT2D eigenvalue weighted by atomic mass is 16.4. The number of carbonyl (C=O) groups is 1. The number of nitrogens with one attached hydrogen (secondary N) is 1. The molecule has 3 aliphatic rings. The number of likely N-dealkylation sites (N-methyl/N-ethyl adjacent to an activating group) is 1. The molecule has 0 spiro atoms. The van der Waals surface area contributed by atoms with Crippen molar-refractivity contribution >= 4 is 5.97 Å². The Morgan fingerprint density at radius 2 is 2.20 bits per heavy atom. The Kier molecular flexibility index (Phi) is 2.98. The number of carboxylic acid groups (broad SMARTS) is 1. The number of hydrogen-bond donors (Lipinski definition) is 2. The van der Waals surface area contributed by atoms with Gasteiger partial charge in [0.2, 0.25) is 0 Å². The van der Waals surface area contributed by atoms with Gasteiger partial charge in [0, 0.05) is 12.1 Å². The highest BCUT2D eigenvalue weighted by Gasteiger charge is 2.47. The van der Waals surface area contributed by atoms with Crippen molar-refractivity contribution in [3.05, 3.63) is 0 Å². The molecule has 86 valence electrons. The van der Waals surface area contributed by atoms with E-state index in [4.69, 9.17) is 5.11 Å². The molecule has 0 aromatic rings. The smallest absolute Gasteiger partial charge is 0.305 e.